The number of nitrogens with one attached hydrogen (secondary N) is 1. The fraction of sp³-hybridized carbons (Fsp3) is 0. The van der Waals surface area contributed by atoms with E-state index in [-0.39, 0.29) is 17.4 Å². The van der Waals surface area contributed by atoms with E-state index in [1.54, 1.807) is 0 Å². The first kappa shape index (κ1) is 9.72. The highest BCUT2D eigenvalue weighted by Crippen LogP contribution is 2.09. The average molecular weight is 223 g/mol. The lowest BCUT2D eigenvalue weighted by atomic mass is 10.3. The Hall–Kier alpha value is -1.82. The Bertz CT molecular complexity index is 455. The lowest BCUT2D eigenvalue weighted by molar-refractivity contribution is 0.102. The summed E-state index contributed by atoms with van der Waals surface area (Å²) in [5.74, 6) is -0.696. The molecule has 0 saturated heterocycles. The van der Waals surface area contributed by atoms with Crippen LogP contribution in [0.3, 0.4) is 0 Å². The van der Waals surface area contributed by atoms with E-state index in [1.807, 2.05) is 0 Å². The zero-order chi connectivity index (χ0) is 10.7. The molecular weight excluding hydrogens is 217 g/mol. The summed E-state index contributed by atoms with van der Waals surface area (Å²) in [4.78, 5) is 11.5. The van der Waals surface area contributed by atoms with E-state index in [1.165, 1.54) is 30.5 Å². The number of carbonyl (C=O) groups is 1. The standard InChI is InChI=1S/C9H6FN3OS/c10-6-1-3-7(4-2-6)12-9(14)8-5-11-15-13-8/h1-5H,(H,12,14). The monoisotopic (exact) mass is 223 g/mol. The Morgan fingerprint density at radius 3 is 2.67 bits per heavy atom. The lowest BCUT2D eigenvalue weighted by Crippen LogP contribution is -2.11. The number of anilines is 1. The highest BCUT2D eigenvalue weighted by atomic mass is 32.1. The van der Waals surface area contributed by atoms with Crippen LogP contribution in [0.25, 0.3) is 0 Å². The molecule has 0 fully saturated rings. The van der Waals surface area contributed by atoms with Crippen molar-refractivity contribution in [2.75, 3.05) is 5.32 Å². The average Bonchev–Trinajstić information content (AvgIpc) is 2.74. The predicted molar refractivity (Wildman–Crippen MR) is 54.3 cm³/mol. The topological polar surface area (TPSA) is 54.9 Å². The Labute approximate surface area is 89.1 Å². The molecule has 0 saturated carbocycles. The second kappa shape index (κ2) is 4.14. The van der Waals surface area contributed by atoms with Crippen molar-refractivity contribution in [3.8, 4) is 0 Å². The summed E-state index contributed by atoms with van der Waals surface area (Å²) in [6.45, 7) is 0. The summed E-state index contributed by atoms with van der Waals surface area (Å²) in [5.41, 5.74) is 0.777. The fourth-order valence-electron chi connectivity index (χ4n) is 0.993. The van der Waals surface area contributed by atoms with Gasteiger partial charge >= 0.3 is 0 Å². The Morgan fingerprint density at radius 1 is 1.33 bits per heavy atom. The first-order valence-electron chi connectivity index (χ1n) is 4.10. The maximum absolute atomic E-state index is 12.6. The quantitative estimate of drug-likeness (QED) is 0.846. The van der Waals surface area contributed by atoms with Crippen LogP contribution in [0.4, 0.5) is 10.1 Å². The molecule has 0 atom stereocenters. The minimum absolute atomic E-state index is 0.254. The first-order chi connectivity index (χ1) is 7.25. The van der Waals surface area contributed by atoms with E-state index in [0.717, 1.165) is 11.7 Å². The second-order valence-electron chi connectivity index (χ2n) is 2.75. The number of aromatic nitrogens is 2. The molecule has 0 bridgehead atoms. The number of rotatable bonds is 2. The molecule has 4 nitrogen and oxygen atoms in total. The van der Waals surface area contributed by atoms with E-state index < -0.39 is 0 Å². The van der Waals surface area contributed by atoms with E-state index in [0.29, 0.717) is 5.69 Å². The van der Waals surface area contributed by atoms with Crippen molar-refractivity contribution in [1.82, 2.24) is 8.75 Å². The van der Waals surface area contributed by atoms with E-state index in [2.05, 4.69) is 14.1 Å². The van der Waals surface area contributed by atoms with Crippen LogP contribution in [-0.4, -0.2) is 14.7 Å². The van der Waals surface area contributed by atoms with E-state index in [9.17, 15) is 9.18 Å². The van der Waals surface area contributed by atoms with Gasteiger partial charge in [0.25, 0.3) is 5.91 Å². The molecule has 6 heteroatoms. The van der Waals surface area contributed by atoms with Crippen molar-refractivity contribution < 1.29 is 9.18 Å². The van der Waals surface area contributed by atoms with E-state index in [4.69, 9.17) is 0 Å². The molecule has 1 N–H and O–H groups in total. The number of benzene rings is 1. The third kappa shape index (κ3) is 2.35. The third-order valence-corrected chi connectivity index (χ3v) is 2.17. The number of halogens is 1. The minimum Gasteiger partial charge on any atom is -0.321 e. The molecule has 2 rings (SSSR count). The van der Waals surface area contributed by atoms with Crippen molar-refractivity contribution in [2.24, 2.45) is 0 Å². The summed E-state index contributed by atoms with van der Waals surface area (Å²) in [5, 5.41) is 2.57. The van der Waals surface area contributed by atoms with Crippen LogP contribution >= 0.6 is 11.7 Å². The van der Waals surface area contributed by atoms with Crippen molar-refractivity contribution in [1.29, 1.82) is 0 Å². The number of amides is 1. The molecule has 1 heterocycles. The zero-order valence-corrected chi connectivity index (χ0v) is 8.29. The Morgan fingerprint density at radius 2 is 2.07 bits per heavy atom. The van der Waals surface area contributed by atoms with Gasteiger partial charge in [-0.1, -0.05) is 0 Å². The Kier molecular flexibility index (Phi) is 2.68. The molecule has 1 amide bonds. The normalized spacial score (nSPS) is 9.93. The molecule has 0 aliphatic rings. The molecule has 0 aliphatic heterocycles. The molecule has 1 aromatic carbocycles. The minimum atomic E-state index is -0.352. The number of hydrogen-bond donors (Lipinski definition) is 1. The van der Waals surface area contributed by atoms with Crippen LogP contribution in [0.1, 0.15) is 10.5 Å². The summed E-state index contributed by atoms with van der Waals surface area (Å²) in [6, 6.07) is 5.50. The highest BCUT2D eigenvalue weighted by Gasteiger charge is 2.08. The van der Waals surface area contributed by atoms with Gasteiger partial charge in [-0.25, -0.2) is 4.39 Å². The second-order valence-corrected chi connectivity index (χ2v) is 3.31. The van der Waals surface area contributed by atoms with Gasteiger partial charge in [0.15, 0.2) is 5.69 Å². The van der Waals surface area contributed by atoms with Crippen molar-refractivity contribution in [3.63, 3.8) is 0 Å². The van der Waals surface area contributed by atoms with Crippen LogP contribution in [0.2, 0.25) is 0 Å². The molecule has 0 unspecified atom stereocenters. The van der Waals surface area contributed by atoms with Gasteiger partial charge in [-0.3, -0.25) is 4.79 Å². The largest absolute Gasteiger partial charge is 0.321 e. The van der Waals surface area contributed by atoms with Crippen LogP contribution in [-0.2, 0) is 0 Å². The zero-order valence-electron chi connectivity index (χ0n) is 7.48. The molecule has 0 aliphatic carbocycles. The molecule has 76 valence electrons. The number of nitrogens with zero attached hydrogens (tertiary/aromatic N) is 2. The maximum atomic E-state index is 12.6. The van der Waals surface area contributed by atoms with Crippen molar-refractivity contribution in [2.45, 2.75) is 0 Å². The van der Waals surface area contributed by atoms with Crippen molar-refractivity contribution >= 4 is 23.3 Å². The molecule has 0 spiro atoms. The smallest absolute Gasteiger partial charge is 0.277 e. The van der Waals surface area contributed by atoms with Crippen molar-refractivity contribution in [3.05, 3.63) is 42.0 Å². The van der Waals surface area contributed by atoms with Gasteiger partial charge in [-0.05, 0) is 24.3 Å². The van der Waals surface area contributed by atoms with Crippen LogP contribution < -0.4 is 5.32 Å². The summed E-state index contributed by atoms with van der Waals surface area (Å²) in [6.07, 6.45) is 1.38. The lowest BCUT2D eigenvalue weighted by Gasteiger charge is -2.01. The van der Waals surface area contributed by atoms with Crippen LogP contribution in [0.5, 0.6) is 0 Å². The van der Waals surface area contributed by atoms with E-state index >= 15 is 0 Å². The van der Waals surface area contributed by atoms with Crippen LogP contribution in [0, 0.1) is 5.82 Å². The third-order valence-electron chi connectivity index (χ3n) is 1.70. The number of carbonyl (C=O) groups excluding carboxylic acids is 1. The molecule has 0 radical (unpaired) electrons. The van der Waals surface area contributed by atoms with Gasteiger partial charge in [-0.15, -0.1) is 0 Å². The summed E-state index contributed by atoms with van der Waals surface area (Å²) in [7, 11) is 0. The molecule has 1 aromatic heterocycles. The number of hydrogen-bond acceptors (Lipinski definition) is 4. The van der Waals surface area contributed by atoms with Crippen LogP contribution in [0.15, 0.2) is 30.5 Å². The molecular formula is C9H6FN3OS. The first-order valence-corrected chi connectivity index (χ1v) is 4.83. The summed E-state index contributed by atoms with van der Waals surface area (Å²) >= 11 is 0.960. The molecule has 2 aromatic rings. The fourth-order valence-corrected chi connectivity index (χ4v) is 1.41. The maximum Gasteiger partial charge on any atom is 0.277 e. The predicted octanol–water partition coefficient (Wildman–Crippen LogP) is 1.93. The Balaban J connectivity index is 2.09. The van der Waals surface area contributed by atoms with Gasteiger partial charge in [0.1, 0.15) is 5.82 Å². The summed E-state index contributed by atoms with van der Waals surface area (Å²) < 4.78 is 20.0. The molecule has 15 heavy (non-hydrogen) atoms. The van der Waals surface area contributed by atoms with Gasteiger partial charge in [0.2, 0.25) is 0 Å². The van der Waals surface area contributed by atoms with Gasteiger partial charge in [-0.2, -0.15) is 8.75 Å². The highest BCUT2D eigenvalue weighted by molar-refractivity contribution is 6.99. The van der Waals surface area contributed by atoms with Gasteiger partial charge < -0.3 is 5.32 Å². The SMILES string of the molecule is O=C(Nc1ccc(F)cc1)c1cnsn1. The van der Waals surface area contributed by atoms with Gasteiger partial charge in [0.05, 0.1) is 17.9 Å². The van der Waals surface area contributed by atoms with Gasteiger partial charge in [0, 0.05) is 5.69 Å².